The van der Waals surface area contributed by atoms with E-state index in [-0.39, 0.29) is 10.8 Å². The predicted molar refractivity (Wildman–Crippen MR) is 79.9 cm³/mol. The lowest BCUT2D eigenvalue weighted by Crippen LogP contribution is -2.27. The van der Waals surface area contributed by atoms with Gasteiger partial charge >= 0.3 is 0 Å². The van der Waals surface area contributed by atoms with E-state index < -0.39 is 10.0 Å². The number of benzene rings is 1. The van der Waals surface area contributed by atoms with Crippen LogP contribution in [0, 0.1) is 0 Å². The zero-order chi connectivity index (χ0) is 13.9. The molecule has 0 bridgehead atoms. The van der Waals surface area contributed by atoms with Crippen molar-refractivity contribution in [1.29, 1.82) is 0 Å². The molecule has 7 heteroatoms. The Kier molecular flexibility index (Phi) is 4.72. The minimum absolute atomic E-state index is 0.0573. The van der Waals surface area contributed by atoms with Gasteiger partial charge in [0, 0.05) is 28.5 Å². The highest BCUT2D eigenvalue weighted by Crippen LogP contribution is 2.19. The Balaban J connectivity index is 2.06. The van der Waals surface area contributed by atoms with Gasteiger partial charge in [-0.3, -0.25) is 0 Å². The molecule has 2 rings (SSSR count). The summed E-state index contributed by atoms with van der Waals surface area (Å²) in [5, 5.41) is 2.81. The van der Waals surface area contributed by atoms with E-state index in [0.29, 0.717) is 6.54 Å². The Morgan fingerprint density at radius 1 is 1.47 bits per heavy atom. The molecular formula is C12H13BrN2O2S2. The van der Waals surface area contributed by atoms with Gasteiger partial charge in [-0.2, -0.15) is 0 Å². The number of thiazole rings is 1. The Hall–Kier alpha value is -0.760. The number of rotatable bonds is 5. The lowest BCUT2D eigenvalue weighted by atomic mass is 10.2. The Morgan fingerprint density at radius 2 is 2.26 bits per heavy atom. The van der Waals surface area contributed by atoms with Crippen LogP contribution in [0.25, 0.3) is 0 Å². The van der Waals surface area contributed by atoms with Crippen molar-refractivity contribution in [3.05, 3.63) is 45.3 Å². The second-order valence-electron chi connectivity index (χ2n) is 4.08. The van der Waals surface area contributed by atoms with E-state index in [2.05, 4.69) is 25.6 Å². The first-order valence-electron chi connectivity index (χ1n) is 5.63. The monoisotopic (exact) mass is 360 g/mol. The predicted octanol–water partition coefficient (Wildman–Crippen LogP) is 2.99. The molecule has 1 atom stereocenters. The SMILES string of the molecule is CC(CNS(=O)(=O)c1cccc(Br)c1)c1nccs1. The minimum Gasteiger partial charge on any atom is -0.249 e. The van der Waals surface area contributed by atoms with Crippen molar-refractivity contribution in [3.8, 4) is 0 Å². The highest BCUT2D eigenvalue weighted by Gasteiger charge is 2.16. The topological polar surface area (TPSA) is 59.1 Å². The van der Waals surface area contributed by atoms with Gasteiger partial charge in [0.2, 0.25) is 10.0 Å². The summed E-state index contributed by atoms with van der Waals surface area (Å²) in [4.78, 5) is 4.44. The molecule has 1 unspecified atom stereocenters. The fourth-order valence-electron chi connectivity index (χ4n) is 1.52. The number of sulfonamides is 1. The van der Waals surface area contributed by atoms with Gasteiger partial charge in [-0.15, -0.1) is 11.3 Å². The Morgan fingerprint density at radius 3 is 2.89 bits per heavy atom. The van der Waals surface area contributed by atoms with Crippen molar-refractivity contribution < 1.29 is 8.42 Å². The maximum absolute atomic E-state index is 12.1. The van der Waals surface area contributed by atoms with Crippen LogP contribution in [0.2, 0.25) is 0 Å². The third-order valence-electron chi connectivity index (χ3n) is 2.56. The zero-order valence-corrected chi connectivity index (χ0v) is 13.4. The van der Waals surface area contributed by atoms with Gasteiger partial charge in [-0.05, 0) is 18.2 Å². The summed E-state index contributed by atoms with van der Waals surface area (Å²) in [5.41, 5.74) is 0. The van der Waals surface area contributed by atoms with Crippen molar-refractivity contribution in [2.45, 2.75) is 17.7 Å². The van der Waals surface area contributed by atoms with Crippen molar-refractivity contribution in [2.75, 3.05) is 6.54 Å². The van der Waals surface area contributed by atoms with Crippen molar-refractivity contribution >= 4 is 37.3 Å². The normalized spacial score (nSPS) is 13.4. The molecule has 0 amide bonds. The van der Waals surface area contributed by atoms with Crippen molar-refractivity contribution in [1.82, 2.24) is 9.71 Å². The molecule has 4 nitrogen and oxygen atoms in total. The van der Waals surface area contributed by atoms with Crippen molar-refractivity contribution in [3.63, 3.8) is 0 Å². The number of halogens is 1. The second-order valence-corrected chi connectivity index (χ2v) is 7.69. The van der Waals surface area contributed by atoms with Gasteiger partial charge in [-0.1, -0.05) is 28.9 Å². The van der Waals surface area contributed by atoms with Crippen LogP contribution in [-0.4, -0.2) is 19.9 Å². The summed E-state index contributed by atoms with van der Waals surface area (Å²) in [6, 6.07) is 6.64. The number of nitrogens with one attached hydrogen (secondary N) is 1. The van der Waals surface area contributed by atoms with E-state index in [1.54, 1.807) is 30.5 Å². The molecule has 102 valence electrons. The molecule has 0 spiro atoms. The van der Waals surface area contributed by atoms with Gasteiger partial charge < -0.3 is 0 Å². The lowest BCUT2D eigenvalue weighted by Gasteiger charge is -2.11. The average molecular weight is 361 g/mol. The summed E-state index contributed by atoms with van der Waals surface area (Å²) in [6.45, 7) is 2.28. The van der Waals surface area contributed by atoms with Crippen LogP contribution in [0.15, 0.2) is 45.2 Å². The summed E-state index contributed by atoms with van der Waals surface area (Å²) < 4.78 is 27.6. The molecule has 2 aromatic rings. The number of aromatic nitrogens is 1. The molecule has 0 fully saturated rings. The fraction of sp³-hybridized carbons (Fsp3) is 0.250. The van der Waals surface area contributed by atoms with Crippen LogP contribution < -0.4 is 4.72 Å². The summed E-state index contributed by atoms with van der Waals surface area (Å²) in [5.74, 6) is 0.0573. The standard InChI is InChI=1S/C12H13BrN2O2S2/c1-9(12-14-5-6-18-12)8-15-19(16,17)11-4-2-3-10(13)7-11/h2-7,9,15H,8H2,1H3. The maximum Gasteiger partial charge on any atom is 0.240 e. The molecule has 0 aliphatic rings. The molecule has 1 N–H and O–H groups in total. The lowest BCUT2D eigenvalue weighted by molar-refractivity contribution is 0.574. The smallest absolute Gasteiger partial charge is 0.240 e. The van der Waals surface area contributed by atoms with E-state index in [0.717, 1.165) is 9.48 Å². The molecule has 0 aliphatic heterocycles. The van der Waals surface area contributed by atoms with Crippen LogP contribution in [-0.2, 0) is 10.0 Å². The van der Waals surface area contributed by atoms with Gasteiger partial charge in [0.25, 0.3) is 0 Å². The molecule has 0 aliphatic carbocycles. The summed E-state index contributed by atoms with van der Waals surface area (Å²) >= 11 is 4.79. The molecule has 0 saturated heterocycles. The Labute approximate surface area is 125 Å². The third kappa shape index (κ3) is 3.85. The second kappa shape index (κ2) is 6.13. The molecule has 19 heavy (non-hydrogen) atoms. The number of nitrogens with zero attached hydrogens (tertiary/aromatic N) is 1. The van der Waals surface area contributed by atoms with Gasteiger partial charge in [-0.25, -0.2) is 18.1 Å². The van der Waals surface area contributed by atoms with E-state index in [4.69, 9.17) is 0 Å². The first-order chi connectivity index (χ1) is 8.99. The van der Waals surface area contributed by atoms with E-state index in [9.17, 15) is 8.42 Å². The first kappa shape index (κ1) is 14.6. The molecular weight excluding hydrogens is 348 g/mol. The largest absolute Gasteiger partial charge is 0.249 e. The van der Waals surface area contributed by atoms with Crippen LogP contribution in [0.4, 0.5) is 0 Å². The van der Waals surface area contributed by atoms with Crippen molar-refractivity contribution in [2.24, 2.45) is 0 Å². The quantitative estimate of drug-likeness (QED) is 0.891. The fourth-order valence-corrected chi connectivity index (χ4v) is 3.94. The van der Waals surface area contributed by atoms with Crippen LogP contribution in [0.3, 0.4) is 0 Å². The van der Waals surface area contributed by atoms with E-state index >= 15 is 0 Å². The third-order valence-corrected chi connectivity index (χ3v) is 5.48. The van der Waals surface area contributed by atoms with E-state index in [1.807, 2.05) is 12.3 Å². The highest BCUT2D eigenvalue weighted by atomic mass is 79.9. The molecule has 0 radical (unpaired) electrons. The zero-order valence-electron chi connectivity index (χ0n) is 10.2. The Bertz CT molecular complexity index is 642. The molecule has 1 heterocycles. The van der Waals surface area contributed by atoms with Crippen LogP contribution in [0.1, 0.15) is 17.8 Å². The summed E-state index contributed by atoms with van der Waals surface area (Å²) in [6.07, 6.45) is 1.72. The highest BCUT2D eigenvalue weighted by molar-refractivity contribution is 9.10. The number of hydrogen-bond donors (Lipinski definition) is 1. The molecule has 1 aromatic heterocycles. The first-order valence-corrected chi connectivity index (χ1v) is 8.79. The van der Waals surface area contributed by atoms with Crippen LogP contribution in [0.5, 0.6) is 0 Å². The van der Waals surface area contributed by atoms with E-state index in [1.165, 1.54) is 11.3 Å². The van der Waals surface area contributed by atoms with Gasteiger partial charge in [0.1, 0.15) is 0 Å². The number of hydrogen-bond acceptors (Lipinski definition) is 4. The molecule has 0 saturated carbocycles. The average Bonchev–Trinajstić information content (AvgIpc) is 2.90. The van der Waals surface area contributed by atoms with Crippen LogP contribution >= 0.6 is 27.3 Å². The summed E-state index contributed by atoms with van der Waals surface area (Å²) in [7, 11) is -3.47. The van der Waals surface area contributed by atoms with Gasteiger partial charge in [0.15, 0.2) is 0 Å². The van der Waals surface area contributed by atoms with Gasteiger partial charge in [0.05, 0.1) is 9.90 Å². The molecule has 1 aromatic carbocycles. The minimum atomic E-state index is -3.47. The maximum atomic E-state index is 12.1.